The first kappa shape index (κ1) is 14.3. The van der Waals surface area contributed by atoms with Gasteiger partial charge in [0.1, 0.15) is 17.7 Å². The second kappa shape index (κ2) is 6.90. The van der Waals surface area contributed by atoms with Gasteiger partial charge in [0, 0.05) is 18.0 Å². The first-order chi connectivity index (χ1) is 9.20. The van der Waals surface area contributed by atoms with Crippen LogP contribution in [0.5, 0.6) is 5.75 Å². The highest BCUT2D eigenvalue weighted by molar-refractivity contribution is 5.38. The summed E-state index contributed by atoms with van der Waals surface area (Å²) in [5, 5.41) is 0. The minimum atomic E-state index is -0.240. The molecule has 0 aromatic heterocycles. The Labute approximate surface area is 115 Å². The maximum atomic E-state index is 13.2. The van der Waals surface area contributed by atoms with Crippen molar-refractivity contribution in [2.45, 2.75) is 64.0 Å². The Morgan fingerprint density at radius 1 is 1.26 bits per heavy atom. The third-order valence-corrected chi connectivity index (χ3v) is 3.81. The summed E-state index contributed by atoms with van der Waals surface area (Å²) in [7, 11) is 0. The maximum Gasteiger partial charge on any atom is 0.124 e. The maximum absolute atomic E-state index is 13.2. The van der Waals surface area contributed by atoms with Gasteiger partial charge < -0.3 is 10.5 Å². The third kappa shape index (κ3) is 3.93. The fourth-order valence-electron chi connectivity index (χ4n) is 2.71. The second-order valence-corrected chi connectivity index (χ2v) is 5.47. The van der Waals surface area contributed by atoms with Gasteiger partial charge in [-0.15, -0.1) is 0 Å². The van der Waals surface area contributed by atoms with Crippen LogP contribution in [0.25, 0.3) is 0 Å². The molecule has 2 rings (SSSR count). The summed E-state index contributed by atoms with van der Waals surface area (Å²) >= 11 is 0. The van der Waals surface area contributed by atoms with Crippen LogP contribution in [0.1, 0.15) is 63.5 Å². The van der Waals surface area contributed by atoms with E-state index in [2.05, 4.69) is 6.92 Å². The predicted octanol–water partition coefficient (Wildman–Crippen LogP) is 4.34. The molecule has 2 nitrogen and oxygen atoms in total. The van der Waals surface area contributed by atoms with Crippen LogP contribution in [0.3, 0.4) is 0 Å². The molecule has 0 amide bonds. The number of hydrogen-bond acceptors (Lipinski definition) is 2. The first-order valence-electron chi connectivity index (χ1n) is 7.42. The molecule has 0 aliphatic carbocycles. The number of rotatable bonds is 6. The lowest BCUT2D eigenvalue weighted by atomic mass is 9.94. The van der Waals surface area contributed by atoms with E-state index in [1.807, 2.05) is 0 Å². The normalized spacial score (nSPS) is 21.8. The molecular formula is C16H24FNO. The van der Waals surface area contributed by atoms with E-state index in [4.69, 9.17) is 10.5 Å². The van der Waals surface area contributed by atoms with Crippen LogP contribution in [0.15, 0.2) is 18.2 Å². The van der Waals surface area contributed by atoms with Crippen LogP contribution in [0.2, 0.25) is 0 Å². The van der Waals surface area contributed by atoms with Gasteiger partial charge in [-0.3, -0.25) is 0 Å². The topological polar surface area (TPSA) is 35.2 Å². The van der Waals surface area contributed by atoms with Crippen molar-refractivity contribution in [2.75, 3.05) is 0 Å². The number of nitrogens with two attached hydrogens (primary N) is 1. The molecule has 1 aliphatic rings. The van der Waals surface area contributed by atoms with Gasteiger partial charge in [0.25, 0.3) is 0 Å². The van der Waals surface area contributed by atoms with Crippen molar-refractivity contribution in [1.29, 1.82) is 0 Å². The van der Waals surface area contributed by atoms with Crippen LogP contribution >= 0.6 is 0 Å². The van der Waals surface area contributed by atoms with E-state index in [0.29, 0.717) is 0 Å². The Balaban J connectivity index is 1.85. The van der Waals surface area contributed by atoms with Gasteiger partial charge in [0.2, 0.25) is 0 Å². The fourth-order valence-corrected chi connectivity index (χ4v) is 2.71. The molecule has 3 heteroatoms. The lowest BCUT2D eigenvalue weighted by molar-refractivity contribution is 0.146. The van der Waals surface area contributed by atoms with E-state index < -0.39 is 0 Å². The number of benzene rings is 1. The number of hydrogen-bond donors (Lipinski definition) is 1. The second-order valence-electron chi connectivity index (χ2n) is 5.47. The molecule has 1 heterocycles. The molecular weight excluding hydrogens is 241 g/mol. The molecule has 106 valence electrons. The van der Waals surface area contributed by atoms with Crippen LogP contribution in [-0.2, 0) is 0 Å². The van der Waals surface area contributed by atoms with Crippen molar-refractivity contribution in [2.24, 2.45) is 5.73 Å². The third-order valence-electron chi connectivity index (χ3n) is 3.81. The van der Waals surface area contributed by atoms with E-state index in [1.165, 1.54) is 44.2 Å². The molecule has 2 N–H and O–H groups in total. The van der Waals surface area contributed by atoms with E-state index >= 15 is 0 Å². The number of halogens is 1. The molecule has 2 atom stereocenters. The summed E-state index contributed by atoms with van der Waals surface area (Å²) in [6.07, 6.45) is 8.37. The van der Waals surface area contributed by atoms with E-state index in [9.17, 15) is 4.39 Å². The monoisotopic (exact) mass is 265 g/mol. The highest BCUT2D eigenvalue weighted by Crippen LogP contribution is 2.35. The molecule has 0 spiro atoms. The summed E-state index contributed by atoms with van der Waals surface area (Å²) in [6, 6.07) is 4.54. The summed E-state index contributed by atoms with van der Waals surface area (Å²) in [5.74, 6) is 0.523. The van der Waals surface area contributed by atoms with Crippen molar-refractivity contribution >= 4 is 0 Å². The number of ether oxygens (including phenoxy) is 1. The Morgan fingerprint density at radius 3 is 2.84 bits per heavy atom. The molecule has 0 radical (unpaired) electrons. The average molecular weight is 265 g/mol. The highest BCUT2D eigenvalue weighted by Gasteiger charge is 2.25. The molecule has 0 fully saturated rings. The predicted molar refractivity (Wildman–Crippen MR) is 75.7 cm³/mol. The molecule has 19 heavy (non-hydrogen) atoms. The first-order valence-corrected chi connectivity index (χ1v) is 7.42. The Bertz CT molecular complexity index is 408. The van der Waals surface area contributed by atoms with Gasteiger partial charge in [-0.2, -0.15) is 0 Å². The molecule has 1 aromatic rings. The van der Waals surface area contributed by atoms with Gasteiger partial charge in [0.05, 0.1) is 0 Å². The van der Waals surface area contributed by atoms with Gasteiger partial charge in [-0.25, -0.2) is 4.39 Å². The quantitative estimate of drug-likeness (QED) is 0.777. The Morgan fingerprint density at radius 2 is 2.05 bits per heavy atom. The standard InChI is InChI=1S/C16H24FNO/c1-2-3-4-5-6-7-13-11-15(18)14-10-12(17)8-9-16(14)19-13/h8-10,13,15H,2-7,11,18H2,1H3/t13?,15-/m0/s1. The van der Waals surface area contributed by atoms with Crippen molar-refractivity contribution in [3.8, 4) is 5.75 Å². The van der Waals surface area contributed by atoms with Crippen molar-refractivity contribution < 1.29 is 9.13 Å². The van der Waals surface area contributed by atoms with Crippen LogP contribution in [0.4, 0.5) is 4.39 Å². The van der Waals surface area contributed by atoms with Crippen molar-refractivity contribution in [3.05, 3.63) is 29.6 Å². The minimum absolute atomic E-state index is 0.0971. The van der Waals surface area contributed by atoms with E-state index in [0.717, 1.165) is 24.2 Å². The summed E-state index contributed by atoms with van der Waals surface area (Å²) in [5.41, 5.74) is 6.92. The lowest BCUT2D eigenvalue weighted by Gasteiger charge is -2.30. The number of unbranched alkanes of at least 4 members (excludes halogenated alkanes) is 4. The zero-order valence-electron chi connectivity index (χ0n) is 11.7. The van der Waals surface area contributed by atoms with E-state index in [1.54, 1.807) is 6.07 Å². The molecule has 0 bridgehead atoms. The average Bonchev–Trinajstić information content (AvgIpc) is 2.39. The SMILES string of the molecule is CCCCCCCC1C[C@H](N)c2cc(F)ccc2O1. The molecule has 0 saturated carbocycles. The Kier molecular flexibility index (Phi) is 5.20. The zero-order valence-corrected chi connectivity index (χ0v) is 11.7. The van der Waals surface area contributed by atoms with Crippen molar-refractivity contribution in [1.82, 2.24) is 0 Å². The highest BCUT2D eigenvalue weighted by atomic mass is 19.1. The lowest BCUT2D eigenvalue weighted by Crippen LogP contribution is -2.29. The van der Waals surface area contributed by atoms with Crippen LogP contribution < -0.4 is 10.5 Å². The minimum Gasteiger partial charge on any atom is -0.490 e. The van der Waals surface area contributed by atoms with Crippen LogP contribution in [0, 0.1) is 5.82 Å². The van der Waals surface area contributed by atoms with Gasteiger partial charge in [-0.05, 0) is 31.0 Å². The summed E-state index contributed by atoms with van der Waals surface area (Å²) < 4.78 is 19.1. The zero-order chi connectivity index (χ0) is 13.7. The van der Waals surface area contributed by atoms with Crippen LogP contribution in [-0.4, -0.2) is 6.10 Å². The summed E-state index contributed by atoms with van der Waals surface area (Å²) in [6.45, 7) is 2.22. The molecule has 0 saturated heterocycles. The number of fused-ring (bicyclic) bond motifs is 1. The smallest absolute Gasteiger partial charge is 0.124 e. The molecule has 1 aromatic carbocycles. The molecule has 1 aliphatic heterocycles. The fraction of sp³-hybridized carbons (Fsp3) is 0.625. The molecule has 1 unspecified atom stereocenters. The largest absolute Gasteiger partial charge is 0.490 e. The van der Waals surface area contributed by atoms with Gasteiger partial charge in [0.15, 0.2) is 0 Å². The van der Waals surface area contributed by atoms with Gasteiger partial charge >= 0.3 is 0 Å². The van der Waals surface area contributed by atoms with E-state index in [-0.39, 0.29) is 18.0 Å². The summed E-state index contributed by atoms with van der Waals surface area (Å²) in [4.78, 5) is 0. The Hall–Kier alpha value is -1.09. The van der Waals surface area contributed by atoms with Gasteiger partial charge in [-0.1, -0.05) is 32.6 Å². The van der Waals surface area contributed by atoms with Crippen molar-refractivity contribution in [3.63, 3.8) is 0 Å².